The number of hydrogen-bond acceptors (Lipinski definition) is 4. The van der Waals surface area contributed by atoms with Crippen molar-refractivity contribution < 1.29 is 14.6 Å². The summed E-state index contributed by atoms with van der Waals surface area (Å²) in [6.45, 7) is 2.74. The van der Waals surface area contributed by atoms with Gasteiger partial charge in [0.15, 0.2) is 0 Å². The minimum absolute atomic E-state index is 0.0141. The van der Waals surface area contributed by atoms with Gasteiger partial charge in [-0.15, -0.1) is 0 Å². The Balaban J connectivity index is 2.15. The van der Waals surface area contributed by atoms with Crippen LogP contribution in [0.15, 0.2) is 12.5 Å². The lowest BCUT2D eigenvalue weighted by molar-refractivity contribution is -0.0669. The molecule has 0 bridgehead atoms. The van der Waals surface area contributed by atoms with E-state index in [1.54, 1.807) is 29.0 Å². The molecule has 0 saturated carbocycles. The highest BCUT2D eigenvalue weighted by atomic mass is 16.5. The first-order valence-electron chi connectivity index (χ1n) is 5.63. The zero-order valence-corrected chi connectivity index (χ0v) is 10.0. The number of aliphatic hydroxyl groups excluding tert-OH is 1. The Hall–Kier alpha value is -1.40. The van der Waals surface area contributed by atoms with E-state index in [1.165, 1.54) is 0 Å². The summed E-state index contributed by atoms with van der Waals surface area (Å²) < 4.78 is 7.09. The molecule has 2 heterocycles. The third-order valence-electron chi connectivity index (χ3n) is 3.01. The molecule has 1 saturated heterocycles. The van der Waals surface area contributed by atoms with Gasteiger partial charge in [0, 0.05) is 13.6 Å². The van der Waals surface area contributed by atoms with E-state index in [1.807, 2.05) is 6.92 Å². The van der Waals surface area contributed by atoms with Crippen LogP contribution in [0.2, 0.25) is 0 Å². The molecule has 0 spiro atoms. The molecule has 1 amide bonds. The number of aromatic nitrogens is 2. The Morgan fingerprint density at radius 2 is 2.47 bits per heavy atom. The van der Waals surface area contributed by atoms with Crippen molar-refractivity contribution in [1.82, 2.24) is 14.5 Å². The minimum Gasteiger partial charge on any atom is -0.394 e. The van der Waals surface area contributed by atoms with Crippen molar-refractivity contribution in [2.24, 2.45) is 7.05 Å². The second-order valence-electron chi connectivity index (χ2n) is 4.33. The molecular weight excluding hydrogens is 222 g/mol. The molecule has 1 aliphatic rings. The molecule has 0 radical (unpaired) electrons. The fourth-order valence-corrected chi connectivity index (χ4v) is 1.92. The summed E-state index contributed by atoms with van der Waals surface area (Å²) in [5.41, 5.74) is 0.551. The van der Waals surface area contributed by atoms with E-state index in [0.717, 1.165) is 0 Å². The molecule has 2 atom stereocenters. The lowest BCUT2D eigenvalue weighted by Gasteiger charge is -2.37. The first-order chi connectivity index (χ1) is 8.13. The van der Waals surface area contributed by atoms with Crippen LogP contribution in [0.3, 0.4) is 0 Å². The van der Waals surface area contributed by atoms with Crippen molar-refractivity contribution in [2.45, 2.75) is 19.1 Å². The molecule has 17 heavy (non-hydrogen) atoms. The van der Waals surface area contributed by atoms with Gasteiger partial charge in [-0.3, -0.25) is 4.79 Å². The molecule has 6 heteroatoms. The smallest absolute Gasteiger partial charge is 0.272 e. The van der Waals surface area contributed by atoms with Gasteiger partial charge in [-0.25, -0.2) is 4.98 Å². The number of nitrogens with zero attached hydrogens (tertiary/aromatic N) is 3. The molecule has 1 fully saturated rings. The fraction of sp³-hybridized carbons (Fsp3) is 0.636. The predicted octanol–water partition coefficient (Wildman–Crippen LogP) is -0.358. The number of aliphatic hydroxyl groups is 1. The monoisotopic (exact) mass is 239 g/mol. The van der Waals surface area contributed by atoms with E-state index in [0.29, 0.717) is 18.8 Å². The van der Waals surface area contributed by atoms with Crippen LogP contribution < -0.4 is 0 Å². The Kier molecular flexibility index (Phi) is 3.44. The molecule has 0 aromatic carbocycles. The maximum Gasteiger partial charge on any atom is 0.272 e. The number of amides is 1. The Bertz CT molecular complexity index is 404. The maximum atomic E-state index is 12.3. The second-order valence-corrected chi connectivity index (χ2v) is 4.33. The molecule has 1 aromatic rings. The van der Waals surface area contributed by atoms with E-state index in [-0.39, 0.29) is 24.7 Å². The van der Waals surface area contributed by atoms with Gasteiger partial charge >= 0.3 is 0 Å². The van der Waals surface area contributed by atoms with Crippen molar-refractivity contribution in [1.29, 1.82) is 0 Å². The molecule has 6 nitrogen and oxygen atoms in total. The van der Waals surface area contributed by atoms with Crippen LogP contribution in [-0.4, -0.2) is 57.4 Å². The summed E-state index contributed by atoms with van der Waals surface area (Å²) in [6.07, 6.45) is 2.86. The van der Waals surface area contributed by atoms with E-state index >= 15 is 0 Å². The first kappa shape index (κ1) is 12.1. The lowest BCUT2D eigenvalue weighted by Crippen LogP contribution is -2.52. The SMILES string of the molecule is CC1COC(CO)CN1C(=O)c1cncn1C. The highest BCUT2D eigenvalue weighted by Crippen LogP contribution is 2.15. The van der Waals surface area contributed by atoms with Crippen LogP contribution in [0.1, 0.15) is 17.4 Å². The van der Waals surface area contributed by atoms with E-state index < -0.39 is 0 Å². The number of rotatable bonds is 2. The molecule has 1 aliphatic heterocycles. The molecule has 2 unspecified atom stereocenters. The minimum atomic E-state index is -0.289. The summed E-state index contributed by atoms with van der Waals surface area (Å²) in [5, 5.41) is 9.08. The fourth-order valence-electron chi connectivity index (χ4n) is 1.92. The Labute approximate surface area is 99.8 Å². The zero-order chi connectivity index (χ0) is 12.4. The highest BCUT2D eigenvalue weighted by Gasteiger charge is 2.30. The van der Waals surface area contributed by atoms with Crippen LogP contribution in [0.25, 0.3) is 0 Å². The predicted molar refractivity (Wildman–Crippen MR) is 60.5 cm³/mol. The third kappa shape index (κ3) is 2.32. The first-order valence-corrected chi connectivity index (χ1v) is 5.63. The third-order valence-corrected chi connectivity index (χ3v) is 3.01. The van der Waals surface area contributed by atoms with Crippen LogP contribution in [0, 0.1) is 0 Å². The summed E-state index contributed by atoms with van der Waals surface area (Å²) in [6, 6.07) is 0.0141. The van der Waals surface area contributed by atoms with Gasteiger partial charge in [-0.1, -0.05) is 0 Å². The summed E-state index contributed by atoms with van der Waals surface area (Å²) >= 11 is 0. The normalized spacial score (nSPS) is 25.0. The van der Waals surface area contributed by atoms with Gasteiger partial charge in [-0.05, 0) is 6.92 Å². The van der Waals surface area contributed by atoms with Gasteiger partial charge in [-0.2, -0.15) is 0 Å². The van der Waals surface area contributed by atoms with E-state index in [9.17, 15) is 4.79 Å². The largest absolute Gasteiger partial charge is 0.394 e. The average molecular weight is 239 g/mol. The standard InChI is InChI=1S/C11H17N3O3/c1-8-6-17-9(5-15)4-14(8)11(16)10-3-12-7-13(10)2/h3,7-9,15H,4-6H2,1-2H3. The molecule has 0 aliphatic carbocycles. The molecule has 1 aromatic heterocycles. The van der Waals surface area contributed by atoms with Gasteiger partial charge in [0.05, 0.1) is 37.9 Å². The number of carbonyl (C=O) groups is 1. The van der Waals surface area contributed by atoms with E-state index in [2.05, 4.69) is 4.98 Å². The van der Waals surface area contributed by atoms with Crippen molar-refractivity contribution in [2.75, 3.05) is 19.8 Å². The number of morpholine rings is 1. The Morgan fingerprint density at radius 3 is 3.06 bits per heavy atom. The van der Waals surface area contributed by atoms with Gasteiger partial charge in [0.25, 0.3) is 5.91 Å². The van der Waals surface area contributed by atoms with E-state index in [4.69, 9.17) is 9.84 Å². The van der Waals surface area contributed by atoms with Crippen LogP contribution in [-0.2, 0) is 11.8 Å². The summed E-state index contributed by atoms with van der Waals surface area (Å²) in [4.78, 5) is 17.9. The van der Waals surface area contributed by atoms with Gasteiger partial charge < -0.3 is 19.3 Å². The Morgan fingerprint density at radius 1 is 1.71 bits per heavy atom. The number of hydrogen-bond donors (Lipinski definition) is 1. The number of aryl methyl sites for hydroxylation is 1. The molecule has 94 valence electrons. The molecule has 2 rings (SSSR count). The van der Waals surface area contributed by atoms with Crippen LogP contribution in [0.4, 0.5) is 0 Å². The quantitative estimate of drug-likeness (QED) is 0.765. The number of carbonyl (C=O) groups excluding carboxylic acids is 1. The number of imidazole rings is 1. The van der Waals surface area contributed by atoms with Crippen molar-refractivity contribution in [3.05, 3.63) is 18.2 Å². The highest BCUT2D eigenvalue weighted by molar-refractivity contribution is 5.92. The van der Waals surface area contributed by atoms with Crippen LogP contribution >= 0.6 is 0 Å². The summed E-state index contributed by atoms with van der Waals surface area (Å²) in [5.74, 6) is -0.0701. The lowest BCUT2D eigenvalue weighted by atomic mass is 10.2. The molecule has 1 N–H and O–H groups in total. The van der Waals surface area contributed by atoms with Crippen molar-refractivity contribution >= 4 is 5.91 Å². The van der Waals surface area contributed by atoms with Gasteiger partial charge in [0.2, 0.25) is 0 Å². The average Bonchev–Trinajstić information content (AvgIpc) is 2.75. The summed E-state index contributed by atoms with van der Waals surface area (Å²) in [7, 11) is 1.79. The topological polar surface area (TPSA) is 67.6 Å². The van der Waals surface area contributed by atoms with Crippen molar-refractivity contribution in [3.63, 3.8) is 0 Å². The zero-order valence-electron chi connectivity index (χ0n) is 10.0. The maximum absolute atomic E-state index is 12.3. The number of ether oxygens (including phenoxy) is 1. The van der Waals surface area contributed by atoms with Gasteiger partial charge in [0.1, 0.15) is 5.69 Å². The van der Waals surface area contributed by atoms with Crippen LogP contribution in [0.5, 0.6) is 0 Å². The second kappa shape index (κ2) is 4.85. The van der Waals surface area contributed by atoms with Crippen molar-refractivity contribution in [3.8, 4) is 0 Å². The molecular formula is C11H17N3O3.